The third kappa shape index (κ3) is 4.88. The monoisotopic (exact) mass is 305 g/mol. The molecule has 0 saturated carbocycles. The van der Waals surface area contributed by atoms with E-state index in [1.165, 1.54) is 11.3 Å². The number of nitrogens with one attached hydrogen (secondary N) is 1. The van der Waals surface area contributed by atoms with E-state index < -0.39 is 6.10 Å². The summed E-state index contributed by atoms with van der Waals surface area (Å²) in [6.45, 7) is 0.252. The van der Waals surface area contributed by atoms with Gasteiger partial charge in [-0.05, 0) is 35.6 Å². The number of thiophene rings is 1. The van der Waals surface area contributed by atoms with Crippen LogP contribution >= 0.6 is 11.3 Å². The van der Waals surface area contributed by atoms with Gasteiger partial charge in [0, 0.05) is 17.8 Å². The number of hydrogen-bond donors (Lipinski definition) is 2. The number of hydrogen-bond acceptors (Lipinski definition) is 4. The lowest BCUT2D eigenvalue weighted by atomic mass is 10.1. The average Bonchev–Trinajstić information content (AvgIpc) is 3.05. The molecule has 21 heavy (non-hydrogen) atoms. The van der Waals surface area contributed by atoms with Crippen molar-refractivity contribution >= 4 is 17.2 Å². The van der Waals surface area contributed by atoms with E-state index in [4.69, 9.17) is 4.74 Å². The lowest BCUT2D eigenvalue weighted by molar-refractivity contribution is -0.121. The van der Waals surface area contributed by atoms with E-state index in [-0.39, 0.29) is 12.5 Å². The molecule has 2 N–H and O–H groups in total. The van der Waals surface area contributed by atoms with Crippen LogP contribution in [0.25, 0.3) is 0 Å². The molecule has 1 heterocycles. The van der Waals surface area contributed by atoms with Crippen molar-refractivity contribution in [3.05, 3.63) is 52.2 Å². The van der Waals surface area contributed by atoms with E-state index in [1.54, 1.807) is 7.11 Å². The van der Waals surface area contributed by atoms with E-state index in [9.17, 15) is 9.90 Å². The molecule has 5 heteroatoms. The summed E-state index contributed by atoms with van der Waals surface area (Å²) in [4.78, 5) is 12.6. The molecule has 0 bridgehead atoms. The van der Waals surface area contributed by atoms with Crippen LogP contribution in [0, 0.1) is 0 Å². The van der Waals surface area contributed by atoms with E-state index in [1.807, 2.05) is 41.8 Å². The van der Waals surface area contributed by atoms with Crippen molar-refractivity contribution in [2.45, 2.75) is 18.9 Å². The van der Waals surface area contributed by atoms with Crippen molar-refractivity contribution in [3.63, 3.8) is 0 Å². The van der Waals surface area contributed by atoms with Gasteiger partial charge in [-0.15, -0.1) is 11.3 Å². The summed E-state index contributed by atoms with van der Waals surface area (Å²) < 4.78 is 5.09. The first-order chi connectivity index (χ1) is 10.2. The van der Waals surface area contributed by atoms with Gasteiger partial charge in [-0.25, -0.2) is 0 Å². The van der Waals surface area contributed by atoms with Crippen molar-refractivity contribution in [1.82, 2.24) is 5.32 Å². The van der Waals surface area contributed by atoms with Gasteiger partial charge in [-0.2, -0.15) is 0 Å². The van der Waals surface area contributed by atoms with Gasteiger partial charge < -0.3 is 15.2 Å². The number of benzene rings is 1. The minimum Gasteiger partial charge on any atom is -0.497 e. The Balaban J connectivity index is 1.71. The zero-order chi connectivity index (χ0) is 15.1. The Morgan fingerprint density at radius 2 is 2.10 bits per heavy atom. The fourth-order valence-electron chi connectivity index (χ4n) is 1.93. The molecule has 2 rings (SSSR count). The molecule has 1 atom stereocenters. The summed E-state index contributed by atoms with van der Waals surface area (Å²) in [6.07, 6.45) is 0.448. The first kappa shape index (κ1) is 15.5. The Bertz CT molecular complexity index is 551. The fourth-order valence-corrected chi connectivity index (χ4v) is 2.64. The summed E-state index contributed by atoms with van der Waals surface area (Å²) in [5.74, 6) is 0.753. The maximum absolute atomic E-state index is 11.8. The van der Waals surface area contributed by atoms with E-state index in [0.29, 0.717) is 12.8 Å². The molecule has 0 spiro atoms. The van der Waals surface area contributed by atoms with E-state index in [2.05, 4.69) is 5.32 Å². The summed E-state index contributed by atoms with van der Waals surface area (Å²) >= 11 is 1.48. The van der Waals surface area contributed by atoms with Crippen molar-refractivity contribution < 1.29 is 14.6 Å². The second-order valence-electron chi connectivity index (χ2n) is 4.68. The van der Waals surface area contributed by atoms with Gasteiger partial charge >= 0.3 is 0 Å². The third-order valence-corrected chi connectivity index (χ3v) is 4.14. The molecule has 0 aliphatic rings. The smallest absolute Gasteiger partial charge is 0.220 e. The van der Waals surface area contributed by atoms with Gasteiger partial charge in [0.2, 0.25) is 5.91 Å². The second-order valence-corrected chi connectivity index (χ2v) is 5.66. The highest BCUT2D eigenvalue weighted by Crippen LogP contribution is 2.17. The first-order valence-electron chi connectivity index (χ1n) is 6.80. The topological polar surface area (TPSA) is 58.6 Å². The second kappa shape index (κ2) is 7.81. The number of carbonyl (C=O) groups excluding carboxylic acids is 1. The van der Waals surface area contributed by atoms with Gasteiger partial charge in [0.1, 0.15) is 11.9 Å². The normalized spacial score (nSPS) is 11.9. The van der Waals surface area contributed by atoms with Crippen LogP contribution in [0.4, 0.5) is 0 Å². The minimum atomic E-state index is -0.630. The number of aryl methyl sites for hydroxylation is 1. The van der Waals surface area contributed by atoms with Crippen LogP contribution in [-0.2, 0) is 11.2 Å². The standard InChI is InChI=1S/C16H19NO3S/c1-20-13-7-4-12(5-8-13)6-9-16(19)17-11-14(18)15-3-2-10-21-15/h2-5,7-8,10,14,18H,6,9,11H2,1H3,(H,17,19)/t14-/m0/s1. The molecular formula is C16H19NO3S. The van der Waals surface area contributed by atoms with Crippen molar-refractivity contribution in [1.29, 1.82) is 0 Å². The number of ether oxygens (including phenoxy) is 1. The molecule has 112 valence electrons. The Morgan fingerprint density at radius 3 is 2.71 bits per heavy atom. The number of methoxy groups -OCH3 is 1. The average molecular weight is 305 g/mol. The van der Waals surface area contributed by atoms with E-state index in [0.717, 1.165) is 16.2 Å². The number of aliphatic hydroxyl groups is 1. The number of amides is 1. The highest BCUT2D eigenvalue weighted by molar-refractivity contribution is 7.10. The van der Waals surface area contributed by atoms with E-state index >= 15 is 0 Å². The van der Waals surface area contributed by atoms with Crippen LogP contribution < -0.4 is 10.1 Å². The van der Waals surface area contributed by atoms with Gasteiger partial charge in [0.05, 0.1) is 7.11 Å². The van der Waals surface area contributed by atoms with Gasteiger partial charge in [-0.3, -0.25) is 4.79 Å². The minimum absolute atomic E-state index is 0.0542. The molecule has 0 saturated heterocycles. The number of rotatable bonds is 7. The summed E-state index contributed by atoms with van der Waals surface area (Å²) in [5.41, 5.74) is 1.09. The first-order valence-corrected chi connectivity index (χ1v) is 7.68. The van der Waals surface area contributed by atoms with Crippen LogP contribution in [0.5, 0.6) is 5.75 Å². The summed E-state index contributed by atoms with van der Waals surface area (Å²) in [6, 6.07) is 11.4. The van der Waals surface area contributed by atoms with Crippen molar-refractivity contribution in [2.75, 3.05) is 13.7 Å². The molecule has 2 aromatic rings. The predicted molar refractivity (Wildman–Crippen MR) is 83.6 cm³/mol. The third-order valence-electron chi connectivity index (χ3n) is 3.16. The zero-order valence-electron chi connectivity index (χ0n) is 11.9. The van der Waals surface area contributed by atoms with Gasteiger partial charge in [0.15, 0.2) is 0 Å². The fraction of sp³-hybridized carbons (Fsp3) is 0.312. The zero-order valence-corrected chi connectivity index (χ0v) is 12.7. The molecule has 0 aliphatic heterocycles. The summed E-state index contributed by atoms with van der Waals surface area (Å²) in [7, 11) is 1.63. The SMILES string of the molecule is COc1ccc(CCC(=O)NC[C@H](O)c2cccs2)cc1. The van der Waals surface area contributed by atoms with Crippen LogP contribution in [-0.4, -0.2) is 24.7 Å². The van der Waals surface area contributed by atoms with Crippen molar-refractivity contribution in [3.8, 4) is 5.75 Å². The highest BCUT2D eigenvalue weighted by atomic mass is 32.1. The molecule has 1 aromatic carbocycles. The predicted octanol–water partition coefficient (Wildman–Crippen LogP) is 2.54. The lowest BCUT2D eigenvalue weighted by Crippen LogP contribution is -2.28. The Hall–Kier alpha value is -1.85. The highest BCUT2D eigenvalue weighted by Gasteiger charge is 2.10. The van der Waals surface area contributed by atoms with Gasteiger partial charge in [-0.1, -0.05) is 18.2 Å². The number of aliphatic hydroxyl groups excluding tert-OH is 1. The quantitative estimate of drug-likeness (QED) is 0.826. The van der Waals surface area contributed by atoms with Crippen LogP contribution in [0.1, 0.15) is 23.0 Å². The van der Waals surface area contributed by atoms with Crippen LogP contribution in [0.3, 0.4) is 0 Å². The maximum atomic E-state index is 11.8. The van der Waals surface area contributed by atoms with Crippen molar-refractivity contribution in [2.24, 2.45) is 0 Å². The molecular weight excluding hydrogens is 286 g/mol. The molecule has 0 unspecified atom stereocenters. The molecule has 1 aromatic heterocycles. The molecule has 0 fully saturated rings. The number of carbonyl (C=O) groups is 1. The Kier molecular flexibility index (Phi) is 5.78. The molecule has 0 radical (unpaired) electrons. The lowest BCUT2D eigenvalue weighted by Gasteiger charge is -2.10. The largest absolute Gasteiger partial charge is 0.497 e. The summed E-state index contributed by atoms with van der Waals surface area (Å²) in [5, 5.41) is 14.5. The molecule has 0 aliphatic carbocycles. The Morgan fingerprint density at radius 1 is 1.33 bits per heavy atom. The Labute approximate surface area is 128 Å². The molecule has 4 nitrogen and oxygen atoms in total. The maximum Gasteiger partial charge on any atom is 0.220 e. The van der Waals surface area contributed by atoms with Gasteiger partial charge in [0.25, 0.3) is 0 Å². The van der Waals surface area contributed by atoms with Crippen LogP contribution in [0.2, 0.25) is 0 Å². The van der Waals surface area contributed by atoms with Crippen LogP contribution in [0.15, 0.2) is 41.8 Å². The molecule has 1 amide bonds.